The standard InChI is InChI=1S/C11H13ClO2/c1-7(2)10(13)11(14)8-3-5-9(12)6-4-8/h3-7,11,14H,1-2H3/t11-/m1/s1. The van der Waals surface area contributed by atoms with Crippen LogP contribution in [0.25, 0.3) is 0 Å². The van der Waals surface area contributed by atoms with Gasteiger partial charge in [-0.25, -0.2) is 0 Å². The minimum Gasteiger partial charge on any atom is -0.381 e. The summed E-state index contributed by atoms with van der Waals surface area (Å²) in [6.45, 7) is 3.53. The Bertz CT molecular complexity index is 317. The molecule has 1 aromatic carbocycles. The lowest BCUT2D eigenvalue weighted by Crippen LogP contribution is -2.17. The number of ketones is 1. The van der Waals surface area contributed by atoms with Crippen LogP contribution in [-0.4, -0.2) is 10.9 Å². The molecule has 0 bridgehead atoms. The monoisotopic (exact) mass is 212 g/mol. The zero-order valence-electron chi connectivity index (χ0n) is 8.20. The Morgan fingerprint density at radius 2 is 1.79 bits per heavy atom. The Hall–Kier alpha value is -0.860. The van der Waals surface area contributed by atoms with E-state index in [1.165, 1.54) is 0 Å². The van der Waals surface area contributed by atoms with Crippen LogP contribution in [0.4, 0.5) is 0 Å². The van der Waals surface area contributed by atoms with E-state index in [2.05, 4.69) is 0 Å². The number of Topliss-reactive ketones (excluding diaryl/α,β-unsaturated/α-hetero) is 1. The summed E-state index contributed by atoms with van der Waals surface area (Å²) < 4.78 is 0. The topological polar surface area (TPSA) is 37.3 Å². The van der Waals surface area contributed by atoms with Gasteiger partial charge in [0.1, 0.15) is 6.10 Å². The Balaban J connectivity index is 2.84. The Morgan fingerprint density at radius 1 is 1.29 bits per heavy atom. The normalized spacial score (nSPS) is 12.9. The maximum absolute atomic E-state index is 11.4. The van der Waals surface area contributed by atoms with Crippen molar-refractivity contribution in [2.45, 2.75) is 20.0 Å². The number of halogens is 1. The van der Waals surface area contributed by atoms with Crippen molar-refractivity contribution in [1.29, 1.82) is 0 Å². The minimum atomic E-state index is -1.03. The number of benzene rings is 1. The van der Waals surface area contributed by atoms with E-state index in [1.54, 1.807) is 38.1 Å². The lowest BCUT2D eigenvalue weighted by molar-refractivity contribution is -0.130. The molecule has 0 saturated carbocycles. The number of hydrogen-bond donors (Lipinski definition) is 1. The third-order valence-corrected chi connectivity index (χ3v) is 2.28. The van der Waals surface area contributed by atoms with Crippen LogP contribution in [0.1, 0.15) is 25.5 Å². The van der Waals surface area contributed by atoms with Gasteiger partial charge in [0.05, 0.1) is 0 Å². The second kappa shape index (κ2) is 4.58. The van der Waals surface area contributed by atoms with Crippen molar-refractivity contribution in [1.82, 2.24) is 0 Å². The van der Waals surface area contributed by atoms with Gasteiger partial charge in [0.2, 0.25) is 0 Å². The molecule has 1 aromatic rings. The molecule has 0 fully saturated rings. The van der Waals surface area contributed by atoms with Crippen LogP contribution in [0, 0.1) is 5.92 Å². The van der Waals surface area contributed by atoms with Gasteiger partial charge in [-0.1, -0.05) is 37.6 Å². The van der Waals surface area contributed by atoms with Crippen molar-refractivity contribution in [2.24, 2.45) is 5.92 Å². The number of rotatable bonds is 3. The number of hydrogen-bond acceptors (Lipinski definition) is 2. The maximum atomic E-state index is 11.4. The predicted molar refractivity (Wildman–Crippen MR) is 56.3 cm³/mol. The molecule has 0 aliphatic rings. The van der Waals surface area contributed by atoms with E-state index in [9.17, 15) is 9.90 Å². The third-order valence-electron chi connectivity index (χ3n) is 2.02. The second-order valence-corrected chi connectivity index (χ2v) is 3.95. The van der Waals surface area contributed by atoms with Crippen LogP contribution in [0.2, 0.25) is 5.02 Å². The average Bonchev–Trinajstić information content (AvgIpc) is 2.16. The minimum absolute atomic E-state index is 0.166. The molecule has 0 heterocycles. The first-order valence-electron chi connectivity index (χ1n) is 4.49. The van der Waals surface area contributed by atoms with Crippen LogP contribution in [0.15, 0.2) is 24.3 Å². The molecule has 14 heavy (non-hydrogen) atoms. The van der Waals surface area contributed by atoms with Crippen LogP contribution < -0.4 is 0 Å². The zero-order chi connectivity index (χ0) is 10.7. The first kappa shape index (κ1) is 11.2. The lowest BCUT2D eigenvalue weighted by atomic mass is 9.98. The molecule has 1 N–H and O–H groups in total. The molecule has 0 aliphatic carbocycles. The van der Waals surface area contributed by atoms with Gasteiger partial charge in [0, 0.05) is 10.9 Å². The average molecular weight is 213 g/mol. The van der Waals surface area contributed by atoms with E-state index in [1.807, 2.05) is 0 Å². The van der Waals surface area contributed by atoms with Crippen LogP contribution in [-0.2, 0) is 4.79 Å². The Kier molecular flexibility index (Phi) is 3.67. The molecular weight excluding hydrogens is 200 g/mol. The number of carbonyl (C=O) groups excluding carboxylic acids is 1. The highest BCUT2D eigenvalue weighted by Gasteiger charge is 2.19. The molecule has 0 spiro atoms. The Morgan fingerprint density at radius 3 is 2.21 bits per heavy atom. The molecule has 1 atom stereocenters. The van der Waals surface area contributed by atoms with Crippen LogP contribution in [0.3, 0.4) is 0 Å². The first-order chi connectivity index (χ1) is 6.52. The van der Waals surface area contributed by atoms with Crippen LogP contribution >= 0.6 is 11.6 Å². The van der Waals surface area contributed by atoms with E-state index in [0.29, 0.717) is 10.6 Å². The summed E-state index contributed by atoms with van der Waals surface area (Å²) in [7, 11) is 0. The zero-order valence-corrected chi connectivity index (χ0v) is 8.95. The van der Waals surface area contributed by atoms with Gasteiger partial charge >= 0.3 is 0 Å². The summed E-state index contributed by atoms with van der Waals surface area (Å²) in [4.78, 5) is 11.4. The van der Waals surface area contributed by atoms with Crippen molar-refractivity contribution in [3.8, 4) is 0 Å². The fraction of sp³-hybridized carbons (Fsp3) is 0.364. The molecule has 3 heteroatoms. The summed E-state index contributed by atoms with van der Waals surface area (Å²) in [5.74, 6) is -0.340. The van der Waals surface area contributed by atoms with Crippen molar-refractivity contribution in [2.75, 3.05) is 0 Å². The summed E-state index contributed by atoms with van der Waals surface area (Å²) in [5, 5.41) is 10.3. The number of aliphatic hydroxyl groups is 1. The lowest BCUT2D eigenvalue weighted by Gasteiger charge is -2.12. The van der Waals surface area contributed by atoms with Gasteiger partial charge in [-0.2, -0.15) is 0 Å². The number of carbonyl (C=O) groups is 1. The van der Waals surface area contributed by atoms with Gasteiger partial charge in [0.15, 0.2) is 5.78 Å². The van der Waals surface area contributed by atoms with E-state index >= 15 is 0 Å². The van der Waals surface area contributed by atoms with E-state index in [-0.39, 0.29) is 11.7 Å². The van der Waals surface area contributed by atoms with Gasteiger partial charge in [-0.15, -0.1) is 0 Å². The van der Waals surface area contributed by atoms with Crippen molar-refractivity contribution in [3.05, 3.63) is 34.9 Å². The van der Waals surface area contributed by atoms with Gasteiger partial charge in [0.25, 0.3) is 0 Å². The maximum Gasteiger partial charge on any atom is 0.168 e. The van der Waals surface area contributed by atoms with E-state index in [4.69, 9.17) is 11.6 Å². The molecule has 76 valence electrons. The predicted octanol–water partition coefficient (Wildman–Crippen LogP) is 2.60. The smallest absolute Gasteiger partial charge is 0.168 e. The summed E-state index contributed by atoms with van der Waals surface area (Å²) in [6.07, 6.45) is -1.03. The van der Waals surface area contributed by atoms with Gasteiger partial charge < -0.3 is 5.11 Å². The molecular formula is C11H13ClO2. The summed E-state index contributed by atoms with van der Waals surface area (Å²) in [6, 6.07) is 6.64. The highest BCUT2D eigenvalue weighted by Crippen LogP contribution is 2.19. The first-order valence-corrected chi connectivity index (χ1v) is 4.87. The van der Waals surface area contributed by atoms with Crippen LogP contribution in [0.5, 0.6) is 0 Å². The molecule has 1 rings (SSSR count). The molecule has 0 unspecified atom stereocenters. The molecule has 0 aliphatic heterocycles. The highest BCUT2D eigenvalue weighted by atomic mass is 35.5. The van der Waals surface area contributed by atoms with Crippen molar-refractivity contribution in [3.63, 3.8) is 0 Å². The fourth-order valence-electron chi connectivity index (χ4n) is 1.13. The van der Waals surface area contributed by atoms with Gasteiger partial charge in [-0.3, -0.25) is 4.79 Å². The SMILES string of the molecule is CC(C)C(=O)[C@H](O)c1ccc(Cl)cc1. The second-order valence-electron chi connectivity index (χ2n) is 3.51. The molecule has 0 saturated heterocycles. The van der Waals surface area contributed by atoms with Crippen molar-refractivity contribution < 1.29 is 9.90 Å². The van der Waals surface area contributed by atoms with Crippen molar-refractivity contribution >= 4 is 17.4 Å². The highest BCUT2D eigenvalue weighted by molar-refractivity contribution is 6.30. The van der Waals surface area contributed by atoms with E-state index in [0.717, 1.165) is 0 Å². The third kappa shape index (κ3) is 2.56. The summed E-state index contributed by atoms with van der Waals surface area (Å²) in [5.41, 5.74) is 0.591. The molecule has 2 nitrogen and oxygen atoms in total. The Labute approximate surface area is 88.5 Å². The van der Waals surface area contributed by atoms with Gasteiger partial charge in [-0.05, 0) is 17.7 Å². The van der Waals surface area contributed by atoms with E-state index < -0.39 is 6.10 Å². The molecule has 0 radical (unpaired) electrons. The number of aliphatic hydroxyl groups excluding tert-OH is 1. The fourth-order valence-corrected chi connectivity index (χ4v) is 1.25. The quantitative estimate of drug-likeness (QED) is 0.836. The molecule has 0 amide bonds. The largest absolute Gasteiger partial charge is 0.381 e. The molecule has 0 aromatic heterocycles. The summed E-state index contributed by atoms with van der Waals surface area (Å²) >= 11 is 5.69.